The summed E-state index contributed by atoms with van der Waals surface area (Å²) in [5, 5.41) is 31.8. The molecule has 0 saturated heterocycles. The zero-order valence-corrected chi connectivity index (χ0v) is 10.8. The van der Waals surface area contributed by atoms with Crippen molar-refractivity contribution in [1.82, 2.24) is 5.06 Å². The van der Waals surface area contributed by atoms with Gasteiger partial charge >= 0.3 is 95.8 Å². The van der Waals surface area contributed by atoms with Crippen LogP contribution in [0.3, 0.4) is 0 Å². The van der Waals surface area contributed by atoms with Crippen LogP contribution in [0.1, 0.15) is 19.8 Å². The Kier molecular flexibility index (Phi) is 8.89. The fourth-order valence-corrected chi connectivity index (χ4v) is 3.12. The molecule has 0 aliphatic carbocycles. The average molecular weight is 254 g/mol. The molecule has 98 valence electrons. The van der Waals surface area contributed by atoms with E-state index in [9.17, 15) is 20.3 Å². The third kappa shape index (κ3) is 5.82. The van der Waals surface area contributed by atoms with Crippen LogP contribution in [0.25, 0.3) is 0 Å². The number of nitroso groups, excluding NO2 is 1. The SMILES string of the molecule is CCCCN(O)CC[PH](CO)(CO)CN=O. The van der Waals surface area contributed by atoms with E-state index >= 15 is 0 Å². The van der Waals surface area contributed by atoms with Gasteiger partial charge in [0.25, 0.3) is 0 Å². The summed E-state index contributed by atoms with van der Waals surface area (Å²) in [7, 11) is -2.42. The Balaban J connectivity index is 4.04. The van der Waals surface area contributed by atoms with E-state index in [0.717, 1.165) is 12.8 Å². The third-order valence-corrected chi connectivity index (χ3v) is 6.17. The minimum absolute atomic E-state index is 0.00160. The molecular weight excluding hydrogens is 231 g/mol. The molecule has 0 radical (unpaired) electrons. The van der Waals surface area contributed by atoms with Gasteiger partial charge in [0, 0.05) is 0 Å². The van der Waals surface area contributed by atoms with Crippen molar-refractivity contribution in [1.29, 1.82) is 0 Å². The summed E-state index contributed by atoms with van der Waals surface area (Å²) in [6.45, 7) is 2.99. The molecule has 0 bridgehead atoms. The van der Waals surface area contributed by atoms with Crippen molar-refractivity contribution < 1.29 is 15.4 Å². The quantitative estimate of drug-likeness (QED) is 0.305. The van der Waals surface area contributed by atoms with Crippen LogP contribution in [0.15, 0.2) is 5.18 Å². The van der Waals surface area contributed by atoms with Crippen LogP contribution in [-0.4, -0.2) is 58.7 Å². The van der Waals surface area contributed by atoms with Crippen LogP contribution in [-0.2, 0) is 0 Å². The van der Waals surface area contributed by atoms with E-state index in [0.29, 0.717) is 19.3 Å². The maximum atomic E-state index is 10.2. The molecule has 3 N–H and O–H groups in total. The van der Waals surface area contributed by atoms with Crippen LogP contribution in [0.4, 0.5) is 0 Å². The van der Waals surface area contributed by atoms with E-state index in [4.69, 9.17) is 0 Å². The van der Waals surface area contributed by atoms with Gasteiger partial charge in [-0.25, -0.2) is 0 Å². The molecule has 0 aliphatic rings. The van der Waals surface area contributed by atoms with Gasteiger partial charge in [-0.15, -0.1) is 0 Å². The first kappa shape index (κ1) is 15.9. The number of hydrogen-bond acceptors (Lipinski definition) is 6. The van der Waals surface area contributed by atoms with E-state index in [1.807, 2.05) is 6.92 Å². The molecule has 0 atom stereocenters. The molecule has 0 amide bonds. The molecule has 0 saturated carbocycles. The number of hydrogen-bond donors (Lipinski definition) is 3. The summed E-state index contributed by atoms with van der Waals surface area (Å²) >= 11 is 0. The van der Waals surface area contributed by atoms with Crippen molar-refractivity contribution in [3.8, 4) is 0 Å². The molecule has 0 fully saturated rings. The number of hydroxylamine groups is 2. The van der Waals surface area contributed by atoms with Gasteiger partial charge in [0.05, 0.1) is 0 Å². The van der Waals surface area contributed by atoms with E-state index in [-0.39, 0.29) is 19.0 Å². The molecule has 0 aromatic rings. The molecule has 16 heavy (non-hydrogen) atoms. The van der Waals surface area contributed by atoms with Crippen molar-refractivity contribution in [2.75, 3.05) is 38.2 Å². The van der Waals surface area contributed by atoms with Crippen molar-refractivity contribution >= 4 is 7.26 Å². The van der Waals surface area contributed by atoms with Crippen LogP contribution in [0.2, 0.25) is 0 Å². The number of unbranched alkanes of at least 4 members (excludes halogenated alkanes) is 1. The molecular formula is C9H23N2O4P. The van der Waals surface area contributed by atoms with Gasteiger partial charge in [0.2, 0.25) is 0 Å². The third-order valence-electron chi connectivity index (χ3n) is 2.74. The second kappa shape index (κ2) is 8.96. The summed E-state index contributed by atoms with van der Waals surface area (Å²) in [5.74, 6) is 0. The molecule has 0 rings (SSSR count). The van der Waals surface area contributed by atoms with Gasteiger partial charge < -0.3 is 0 Å². The van der Waals surface area contributed by atoms with Gasteiger partial charge in [0.1, 0.15) is 0 Å². The predicted molar refractivity (Wildman–Crippen MR) is 66.3 cm³/mol. The average Bonchev–Trinajstić information content (AvgIpc) is 2.32. The summed E-state index contributed by atoms with van der Waals surface area (Å²) in [6.07, 6.45) is 2.03. The van der Waals surface area contributed by atoms with Crippen LogP contribution in [0, 0.1) is 4.91 Å². The molecule has 0 unspecified atom stereocenters. The van der Waals surface area contributed by atoms with Crippen molar-refractivity contribution in [2.45, 2.75) is 19.8 Å². The zero-order chi connectivity index (χ0) is 12.4. The van der Waals surface area contributed by atoms with Crippen molar-refractivity contribution in [3.05, 3.63) is 4.91 Å². The second-order valence-electron chi connectivity index (χ2n) is 4.16. The fraction of sp³-hybridized carbons (Fsp3) is 1.00. The van der Waals surface area contributed by atoms with Gasteiger partial charge in [-0.1, -0.05) is 0 Å². The molecule has 0 spiro atoms. The van der Waals surface area contributed by atoms with Crippen LogP contribution >= 0.6 is 7.26 Å². The standard InChI is InChI=1S/C9H23N2O4P/c1-2-3-4-11(15)5-6-16(8-12,9-13)7-10-14/h12-13,15-16H,2-9H2,1H3. The van der Waals surface area contributed by atoms with E-state index in [1.165, 1.54) is 5.06 Å². The van der Waals surface area contributed by atoms with Crippen LogP contribution in [0.5, 0.6) is 0 Å². The molecule has 0 aromatic heterocycles. The van der Waals surface area contributed by atoms with Crippen molar-refractivity contribution in [3.63, 3.8) is 0 Å². The topological polar surface area (TPSA) is 93.4 Å². The summed E-state index contributed by atoms with van der Waals surface area (Å²) < 4.78 is 0. The van der Waals surface area contributed by atoms with Gasteiger partial charge in [0.15, 0.2) is 0 Å². The minimum atomic E-state index is -2.42. The molecule has 0 aliphatic heterocycles. The number of nitrogens with zero attached hydrogens (tertiary/aromatic N) is 2. The summed E-state index contributed by atoms with van der Waals surface area (Å²) in [4.78, 5) is 10.2. The van der Waals surface area contributed by atoms with Gasteiger partial charge in [-0.2, -0.15) is 0 Å². The molecule has 6 nitrogen and oxygen atoms in total. The Labute approximate surface area is 96.5 Å². The monoisotopic (exact) mass is 254 g/mol. The van der Waals surface area contributed by atoms with E-state index in [2.05, 4.69) is 5.18 Å². The Morgan fingerprint density at radius 1 is 1.25 bits per heavy atom. The first-order valence-electron chi connectivity index (χ1n) is 5.59. The predicted octanol–water partition coefficient (Wildman–Crippen LogP) is 0.851. The zero-order valence-electron chi connectivity index (χ0n) is 9.80. The molecule has 7 heteroatoms. The number of aliphatic hydroxyl groups is 2. The normalized spacial score (nSPS) is 13.1. The summed E-state index contributed by atoms with van der Waals surface area (Å²) in [6, 6.07) is 0. The van der Waals surface area contributed by atoms with E-state index in [1.54, 1.807) is 0 Å². The Bertz CT molecular complexity index is 190. The Morgan fingerprint density at radius 3 is 2.31 bits per heavy atom. The second-order valence-corrected chi connectivity index (χ2v) is 8.61. The van der Waals surface area contributed by atoms with Gasteiger partial charge in [-0.05, 0) is 0 Å². The Morgan fingerprint density at radius 2 is 1.88 bits per heavy atom. The molecule has 0 aromatic carbocycles. The number of aliphatic hydroxyl groups excluding tert-OH is 2. The molecule has 0 heterocycles. The van der Waals surface area contributed by atoms with Crippen LogP contribution < -0.4 is 0 Å². The first-order valence-corrected chi connectivity index (χ1v) is 8.41. The van der Waals surface area contributed by atoms with Gasteiger partial charge in [-0.3, -0.25) is 0 Å². The first-order chi connectivity index (χ1) is 7.64. The summed E-state index contributed by atoms with van der Waals surface area (Å²) in [5.41, 5.74) is 0. The van der Waals surface area contributed by atoms with E-state index < -0.39 is 7.26 Å². The fourth-order valence-electron chi connectivity index (χ4n) is 1.34. The Hall–Kier alpha value is -0.130. The van der Waals surface area contributed by atoms with Crippen molar-refractivity contribution in [2.24, 2.45) is 5.18 Å². The maximum absolute atomic E-state index is 10.2. The number of rotatable bonds is 10.